The summed E-state index contributed by atoms with van der Waals surface area (Å²) in [6.45, 7) is 0. The molecule has 7 heteroatoms. The molecular formula is C8H8BrN3O2S. The fourth-order valence-corrected chi connectivity index (χ4v) is 2.11. The number of hydrogen-bond donors (Lipinski definition) is 0. The molecule has 2 heterocycles. The van der Waals surface area contributed by atoms with Crippen LogP contribution in [0.15, 0.2) is 22.8 Å². The van der Waals surface area contributed by atoms with Crippen LogP contribution in [0.1, 0.15) is 5.82 Å². The van der Waals surface area contributed by atoms with E-state index in [2.05, 4.69) is 26.0 Å². The number of halogens is 1. The van der Waals surface area contributed by atoms with Crippen molar-refractivity contribution in [2.75, 3.05) is 6.26 Å². The first-order valence-electron chi connectivity index (χ1n) is 4.12. The van der Waals surface area contributed by atoms with Gasteiger partial charge in [0.25, 0.3) is 0 Å². The molecule has 0 unspecified atom stereocenters. The van der Waals surface area contributed by atoms with E-state index in [1.54, 1.807) is 16.8 Å². The van der Waals surface area contributed by atoms with Gasteiger partial charge in [0.2, 0.25) is 0 Å². The average molecular weight is 290 g/mol. The number of pyridine rings is 1. The molecule has 15 heavy (non-hydrogen) atoms. The predicted molar refractivity (Wildman–Crippen MR) is 59.2 cm³/mol. The van der Waals surface area contributed by atoms with Crippen molar-refractivity contribution in [3.63, 3.8) is 0 Å². The fraction of sp³-hybridized carbons (Fsp3) is 0.250. The van der Waals surface area contributed by atoms with Crippen LogP contribution in [0.3, 0.4) is 0 Å². The summed E-state index contributed by atoms with van der Waals surface area (Å²) in [7, 11) is -3.08. The van der Waals surface area contributed by atoms with Gasteiger partial charge in [0.1, 0.15) is 5.75 Å². The lowest BCUT2D eigenvalue weighted by molar-refractivity contribution is 0.599. The Hall–Kier alpha value is -0.950. The summed E-state index contributed by atoms with van der Waals surface area (Å²) in [6.07, 6.45) is 2.88. The van der Waals surface area contributed by atoms with E-state index in [0.717, 1.165) is 10.7 Å². The normalized spacial score (nSPS) is 12.1. The summed E-state index contributed by atoms with van der Waals surface area (Å²) in [6, 6.07) is 3.59. The zero-order chi connectivity index (χ0) is 11.1. The van der Waals surface area contributed by atoms with Crippen LogP contribution in [0.2, 0.25) is 0 Å². The predicted octanol–water partition coefficient (Wildman–Crippen LogP) is 1.04. The van der Waals surface area contributed by atoms with Gasteiger partial charge in [0.05, 0.1) is 0 Å². The zero-order valence-electron chi connectivity index (χ0n) is 7.88. The van der Waals surface area contributed by atoms with Crippen LogP contribution in [0.25, 0.3) is 5.65 Å². The Bertz CT molecular complexity index is 605. The number of sulfone groups is 1. The second kappa shape index (κ2) is 3.57. The third-order valence-electron chi connectivity index (χ3n) is 1.73. The van der Waals surface area contributed by atoms with E-state index in [-0.39, 0.29) is 5.75 Å². The van der Waals surface area contributed by atoms with Crippen LogP contribution in [0, 0.1) is 0 Å². The molecule has 2 aromatic rings. The van der Waals surface area contributed by atoms with Crippen molar-refractivity contribution in [3.05, 3.63) is 28.6 Å². The van der Waals surface area contributed by atoms with E-state index >= 15 is 0 Å². The van der Waals surface area contributed by atoms with E-state index < -0.39 is 9.84 Å². The summed E-state index contributed by atoms with van der Waals surface area (Å²) in [5.41, 5.74) is 0.628. The van der Waals surface area contributed by atoms with Gasteiger partial charge in [-0.1, -0.05) is 15.9 Å². The number of nitrogens with zero attached hydrogens (tertiary/aromatic N) is 3. The molecule has 0 amide bonds. The third-order valence-corrected chi connectivity index (χ3v) is 3.01. The summed E-state index contributed by atoms with van der Waals surface area (Å²) >= 11 is 3.30. The number of hydrogen-bond acceptors (Lipinski definition) is 4. The molecule has 0 radical (unpaired) electrons. The molecule has 0 N–H and O–H groups in total. The molecule has 0 saturated carbocycles. The second-order valence-electron chi connectivity index (χ2n) is 3.25. The van der Waals surface area contributed by atoms with E-state index in [0.29, 0.717) is 11.5 Å². The zero-order valence-corrected chi connectivity index (χ0v) is 10.3. The topological polar surface area (TPSA) is 64.3 Å². The molecule has 0 bridgehead atoms. The highest BCUT2D eigenvalue weighted by Crippen LogP contribution is 2.12. The number of fused-ring (bicyclic) bond motifs is 1. The molecule has 0 aliphatic carbocycles. The summed E-state index contributed by atoms with van der Waals surface area (Å²) in [4.78, 5) is 4.10. The van der Waals surface area contributed by atoms with Gasteiger partial charge in [-0.05, 0) is 12.1 Å². The van der Waals surface area contributed by atoms with Gasteiger partial charge in [0.15, 0.2) is 21.3 Å². The lowest BCUT2D eigenvalue weighted by Gasteiger charge is -1.90. The van der Waals surface area contributed by atoms with E-state index in [1.807, 2.05) is 6.07 Å². The molecule has 0 aromatic carbocycles. The molecule has 0 atom stereocenters. The summed E-state index contributed by atoms with van der Waals surface area (Å²) in [5, 5.41) is 4.04. The Morgan fingerprint density at radius 1 is 1.53 bits per heavy atom. The van der Waals surface area contributed by atoms with Crippen LogP contribution in [0.4, 0.5) is 0 Å². The first-order valence-corrected chi connectivity index (χ1v) is 6.98. The molecule has 2 aromatic heterocycles. The van der Waals surface area contributed by atoms with Crippen LogP contribution in [0.5, 0.6) is 0 Å². The smallest absolute Gasteiger partial charge is 0.166 e. The van der Waals surface area contributed by atoms with Crippen molar-refractivity contribution in [1.82, 2.24) is 14.6 Å². The maximum atomic E-state index is 11.0. The Morgan fingerprint density at radius 3 is 2.93 bits per heavy atom. The van der Waals surface area contributed by atoms with E-state index in [9.17, 15) is 8.42 Å². The fourth-order valence-electron chi connectivity index (χ4n) is 1.20. The third kappa shape index (κ3) is 2.54. The number of aromatic nitrogens is 3. The van der Waals surface area contributed by atoms with Crippen LogP contribution in [-0.2, 0) is 15.6 Å². The van der Waals surface area contributed by atoms with E-state index in [4.69, 9.17) is 0 Å². The SMILES string of the molecule is CS(=O)(=O)Cc1nc2cc(Br)ccn2n1. The van der Waals surface area contributed by atoms with Gasteiger partial charge in [-0.3, -0.25) is 0 Å². The molecule has 0 spiro atoms. The maximum Gasteiger partial charge on any atom is 0.166 e. The number of rotatable bonds is 2. The van der Waals surface area contributed by atoms with Crippen molar-refractivity contribution in [1.29, 1.82) is 0 Å². The molecular weight excluding hydrogens is 282 g/mol. The highest BCUT2D eigenvalue weighted by molar-refractivity contribution is 9.10. The quantitative estimate of drug-likeness (QED) is 0.829. The minimum atomic E-state index is -3.08. The van der Waals surface area contributed by atoms with Gasteiger partial charge >= 0.3 is 0 Å². The Labute approximate surface area is 95.2 Å². The lowest BCUT2D eigenvalue weighted by atomic mass is 10.5. The van der Waals surface area contributed by atoms with Crippen LogP contribution in [-0.4, -0.2) is 29.3 Å². The van der Waals surface area contributed by atoms with Gasteiger partial charge in [0, 0.05) is 16.9 Å². The van der Waals surface area contributed by atoms with Gasteiger partial charge in [-0.2, -0.15) is 5.10 Å². The van der Waals surface area contributed by atoms with Crippen molar-refractivity contribution < 1.29 is 8.42 Å². The average Bonchev–Trinajstić information content (AvgIpc) is 2.42. The summed E-state index contributed by atoms with van der Waals surface area (Å²) in [5.74, 6) is 0.183. The standard InChI is InChI=1S/C8H8BrN3O2S/c1-15(13,14)5-7-10-8-4-6(9)2-3-12(8)11-7/h2-4H,5H2,1H3. The Morgan fingerprint density at radius 2 is 2.27 bits per heavy atom. The molecule has 5 nitrogen and oxygen atoms in total. The summed E-state index contributed by atoms with van der Waals surface area (Å²) < 4.78 is 24.5. The lowest BCUT2D eigenvalue weighted by Crippen LogP contribution is -2.02. The van der Waals surface area contributed by atoms with Crippen molar-refractivity contribution >= 4 is 31.4 Å². The molecule has 0 aliphatic heterocycles. The van der Waals surface area contributed by atoms with Gasteiger partial charge in [-0.15, -0.1) is 0 Å². The molecule has 80 valence electrons. The van der Waals surface area contributed by atoms with Crippen molar-refractivity contribution in [3.8, 4) is 0 Å². The first-order chi connectivity index (χ1) is 6.94. The second-order valence-corrected chi connectivity index (χ2v) is 6.30. The highest BCUT2D eigenvalue weighted by Gasteiger charge is 2.10. The van der Waals surface area contributed by atoms with Crippen LogP contribution >= 0.6 is 15.9 Å². The van der Waals surface area contributed by atoms with E-state index in [1.165, 1.54) is 0 Å². The molecule has 0 fully saturated rings. The largest absolute Gasteiger partial charge is 0.229 e. The molecule has 0 aliphatic rings. The Balaban J connectivity index is 2.48. The Kier molecular flexibility index (Phi) is 2.51. The van der Waals surface area contributed by atoms with Crippen LogP contribution < -0.4 is 0 Å². The van der Waals surface area contributed by atoms with Crippen molar-refractivity contribution in [2.24, 2.45) is 0 Å². The molecule has 2 rings (SSSR count). The maximum absolute atomic E-state index is 11.0. The minimum Gasteiger partial charge on any atom is -0.229 e. The first kappa shape index (κ1) is 10.6. The van der Waals surface area contributed by atoms with Gasteiger partial charge < -0.3 is 0 Å². The monoisotopic (exact) mass is 289 g/mol. The van der Waals surface area contributed by atoms with Gasteiger partial charge in [-0.25, -0.2) is 17.9 Å². The highest BCUT2D eigenvalue weighted by atomic mass is 79.9. The van der Waals surface area contributed by atoms with Crippen molar-refractivity contribution in [2.45, 2.75) is 5.75 Å². The molecule has 0 saturated heterocycles. The minimum absolute atomic E-state index is 0.133.